The lowest BCUT2D eigenvalue weighted by Gasteiger charge is -2.27. The van der Waals surface area contributed by atoms with Crippen molar-refractivity contribution in [2.75, 3.05) is 0 Å². The Labute approximate surface area is 110 Å². The van der Waals surface area contributed by atoms with Crippen LogP contribution in [0.25, 0.3) is 0 Å². The Kier molecular flexibility index (Phi) is 4.83. The molecule has 6 heteroatoms. The Morgan fingerprint density at radius 1 is 1.42 bits per heavy atom. The summed E-state index contributed by atoms with van der Waals surface area (Å²) in [6.07, 6.45) is 0. The molecule has 1 aromatic rings. The van der Waals surface area contributed by atoms with Gasteiger partial charge in [0.15, 0.2) is 0 Å². The molecule has 0 saturated heterocycles. The number of amides is 1. The van der Waals surface area contributed by atoms with Crippen LogP contribution in [0.3, 0.4) is 0 Å². The Hall–Kier alpha value is -1.69. The summed E-state index contributed by atoms with van der Waals surface area (Å²) < 4.78 is 28.6. The molecule has 1 rings (SSSR count). The normalized spacial score (nSPS) is 13.4. The monoisotopic (exact) mass is 272 g/mol. The number of carbonyl (C=O) groups is 1. The molecule has 4 nitrogen and oxygen atoms in total. The Morgan fingerprint density at radius 2 is 2.05 bits per heavy atom. The molecule has 0 fully saturated rings. The number of nitrogens with two attached hydrogens (primary N) is 1. The Balaban J connectivity index is 2.82. The fraction of sp³-hybridized carbons (Fsp3) is 0.462. The van der Waals surface area contributed by atoms with Crippen molar-refractivity contribution >= 4 is 5.91 Å². The van der Waals surface area contributed by atoms with Gasteiger partial charge >= 0.3 is 6.61 Å². The molecule has 0 radical (unpaired) electrons. The Bertz CT molecular complexity index is 450. The zero-order valence-corrected chi connectivity index (χ0v) is 11.1. The van der Waals surface area contributed by atoms with E-state index in [1.165, 1.54) is 12.1 Å². The first-order chi connectivity index (χ1) is 8.72. The number of hydrogen-bond donors (Lipinski definition) is 2. The number of ether oxygens (including phenoxy) is 1. The minimum Gasteiger partial charge on any atom is -0.435 e. The van der Waals surface area contributed by atoms with E-state index in [1.54, 1.807) is 26.0 Å². The maximum absolute atomic E-state index is 12.1. The van der Waals surface area contributed by atoms with Crippen molar-refractivity contribution in [2.24, 2.45) is 5.73 Å². The summed E-state index contributed by atoms with van der Waals surface area (Å²) in [7, 11) is 0. The van der Waals surface area contributed by atoms with Crippen LogP contribution in [0.2, 0.25) is 0 Å². The molecule has 0 saturated carbocycles. The zero-order valence-electron chi connectivity index (χ0n) is 11.1. The van der Waals surface area contributed by atoms with Crippen LogP contribution in [0, 0.1) is 0 Å². The highest BCUT2D eigenvalue weighted by molar-refractivity contribution is 5.83. The third kappa shape index (κ3) is 4.48. The molecule has 1 amide bonds. The fourth-order valence-corrected chi connectivity index (χ4v) is 1.66. The zero-order chi connectivity index (χ0) is 14.6. The van der Waals surface area contributed by atoms with Crippen molar-refractivity contribution in [3.05, 3.63) is 29.8 Å². The molecule has 0 heterocycles. The van der Waals surface area contributed by atoms with E-state index in [0.29, 0.717) is 0 Å². The first-order valence-corrected chi connectivity index (χ1v) is 5.85. The van der Waals surface area contributed by atoms with Crippen LogP contribution < -0.4 is 15.8 Å². The van der Waals surface area contributed by atoms with E-state index in [2.05, 4.69) is 10.1 Å². The van der Waals surface area contributed by atoms with Crippen LogP contribution in [0.15, 0.2) is 24.3 Å². The van der Waals surface area contributed by atoms with Crippen molar-refractivity contribution in [3.63, 3.8) is 0 Å². The van der Waals surface area contributed by atoms with Crippen LogP contribution in [0.4, 0.5) is 8.78 Å². The SMILES string of the molecule is CC(NC(C)(C)C(N)=O)c1cccc(OC(F)F)c1. The summed E-state index contributed by atoms with van der Waals surface area (Å²) in [4.78, 5) is 11.2. The molecular weight excluding hydrogens is 254 g/mol. The van der Waals surface area contributed by atoms with E-state index >= 15 is 0 Å². The summed E-state index contributed by atoms with van der Waals surface area (Å²) in [5.41, 5.74) is 5.11. The molecule has 1 unspecified atom stereocenters. The van der Waals surface area contributed by atoms with Gasteiger partial charge in [-0.15, -0.1) is 0 Å². The van der Waals surface area contributed by atoms with E-state index in [4.69, 9.17) is 5.73 Å². The van der Waals surface area contributed by atoms with Gasteiger partial charge in [-0.05, 0) is 38.5 Å². The van der Waals surface area contributed by atoms with Crippen LogP contribution in [0.5, 0.6) is 5.75 Å². The van der Waals surface area contributed by atoms with Crippen LogP contribution in [-0.4, -0.2) is 18.1 Å². The van der Waals surface area contributed by atoms with Gasteiger partial charge in [-0.1, -0.05) is 12.1 Å². The second kappa shape index (κ2) is 5.97. The summed E-state index contributed by atoms with van der Waals surface area (Å²) in [6.45, 7) is 2.27. The highest BCUT2D eigenvalue weighted by atomic mass is 19.3. The summed E-state index contributed by atoms with van der Waals surface area (Å²) in [5.74, 6) is -0.405. The molecule has 0 aliphatic heterocycles. The van der Waals surface area contributed by atoms with Crippen LogP contribution in [0.1, 0.15) is 32.4 Å². The average Bonchev–Trinajstić information content (AvgIpc) is 2.27. The molecule has 1 atom stereocenters. The van der Waals surface area contributed by atoms with Crippen molar-refractivity contribution in [1.82, 2.24) is 5.32 Å². The van der Waals surface area contributed by atoms with Gasteiger partial charge in [0.25, 0.3) is 0 Å². The fourth-order valence-electron chi connectivity index (χ4n) is 1.66. The van der Waals surface area contributed by atoms with Gasteiger partial charge in [-0.3, -0.25) is 10.1 Å². The molecule has 3 N–H and O–H groups in total. The van der Waals surface area contributed by atoms with Gasteiger partial charge in [0.2, 0.25) is 5.91 Å². The average molecular weight is 272 g/mol. The number of nitrogens with one attached hydrogen (secondary N) is 1. The third-order valence-electron chi connectivity index (χ3n) is 2.78. The van der Waals surface area contributed by atoms with E-state index in [-0.39, 0.29) is 11.8 Å². The van der Waals surface area contributed by atoms with Crippen LogP contribution >= 0.6 is 0 Å². The predicted molar refractivity (Wildman–Crippen MR) is 67.9 cm³/mol. The van der Waals surface area contributed by atoms with Gasteiger partial charge in [-0.25, -0.2) is 0 Å². The molecular formula is C13H18F2N2O2. The third-order valence-corrected chi connectivity index (χ3v) is 2.78. The number of primary amides is 1. The summed E-state index contributed by atoms with van der Waals surface area (Å²) >= 11 is 0. The smallest absolute Gasteiger partial charge is 0.387 e. The quantitative estimate of drug-likeness (QED) is 0.834. The lowest BCUT2D eigenvalue weighted by atomic mass is 10.0. The lowest BCUT2D eigenvalue weighted by Crippen LogP contribution is -2.51. The van der Waals surface area contributed by atoms with Gasteiger partial charge in [0.1, 0.15) is 5.75 Å². The molecule has 19 heavy (non-hydrogen) atoms. The van der Waals surface area contributed by atoms with E-state index in [0.717, 1.165) is 5.56 Å². The largest absolute Gasteiger partial charge is 0.435 e. The van der Waals surface area contributed by atoms with Crippen molar-refractivity contribution in [3.8, 4) is 5.75 Å². The molecule has 0 spiro atoms. The van der Waals surface area contributed by atoms with Crippen molar-refractivity contribution < 1.29 is 18.3 Å². The molecule has 0 aromatic heterocycles. The van der Waals surface area contributed by atoms with Crippen molar-refractivity contribution in [1.29, 1.82) is 0 Å². The number of rotatable bonds is 6. The highest BCUT2D eigenvalue weighted by Crippen LogP contribution is 2.22. The standard InChI is InChI=1S/C13H18F2N2O2/c1-8(17-13(2,3)11(16)18)9-5-4-6-10(7-9)19-12(14)15/h4-8,12,17H,1-3H3,(H2,16,18). The minimum absolute atomic E-state index is 0.0815. The topological polar surface area (TPSA) is 64.3 Å². The molecule has 0 bridgehead atoms. The second-order valence-corrected chi connectivity index (χ2v) is 4.81. The number of carbonyl (C=O) groups excluding carboxylic acids is 1. The van der Waals surface area contributed by atoms with Gasteiger partial charge in [0, 0.05) is 6.04 Å². The number of benzene rings is 1. The van der Waals surface area contributed by atoms with E-state index in [1.807, 2.05) is 6.92 Å². The van der Waals surface area contributed by atoms with Gasteiger partial charge in [-0.2, -0.15) is 8.78 Å². The predicted octanol–water partition coefficient (Wildman–Crippen LogP) is 2.20. The highest BCUT2D eigenvalue weighted by Gasteiger charge is 2.26. The Morgan fingerprint density at radius 3 is 2.58 bits per heavy atom. The maximum Gasteiger partial charge on any atom is 0.387 e. The van der Waals surface area contributed by atoms with Gasteiger partial charge in [0.05, 0.1) is 5.54 Å². The van der Waals surface area contributed by atoms with Crippen molar-refractivity contribution in [2.45, 2.75) is 39.0 Å². The molecule has 0 aliphatic rings. The molecule has 1 aromatic carbocycles. The number of hydrogen-bond acceptors (Lipinski definition) is 3. The first-order valence-electron chi connectivity index (χ1n) is 5.85. The second-order valence-electron chi connectivity index (χ2n) is 4.81. The van der Waals surface area contributed by atoms with Crippen LogP contribution in [-0.2, 0) is 4.79 Å². The summed E-state index contributed by atoms with van der Waals surface area (Å²) in [5, 5.41) is 3.03. The maximum atomic E-state index is 12.1. The number of halogens is 2. The number of alkyl halides is 2. The van der Waals surface area contributed by atoms with Gasteiger partial charge < -0.3 is 10.5 Å². The van der Waals surface area contributed by atoms with E-state index in [9.17, 15) is 13.6 Å². The van der Waals surface area contributed by atoms with E-state index < -0.39 is 18.1 Å². The minimum atomic E-state index is -2.86. The lowest BCUT2D eigenvalue weighted by molar-refractivity contribution is -0.123. The molecule has 106 valence electrons. The summed E-state index contributed by atoms with van der Waals surface area (Å²) in [6, 6.07) is 6.08. The first kappa shape index (κ1) is 15.4. The molecule has 0 aliphatic carbocycles.